The van der Waals surface area contributed by atoms with Crippen LogP contribution >= 0.6 is 11.6 Å². The number of rotatable bonds is 3. The Hall–Kier alpha value is -3.56. The van der Waals surface area contributed by atoms with E-state index in [0.717, 1.165) is 22.1 Å². The van der Waals surface area contributed by atoms with Gasteiger partial charge in [0.1, 0.15) is 0 Å². The summed E-state index contributed by atoms with van der Waals surface area (Å²) in [6.45, 7) is 0. The number of hydrogen-bond donors (Lipinski definition) is 0. The fourth-order valence-electron chi connectivity index (χ4n) is 3.28. The molecule has 0 saturated heterocycles. The molecule has 4 aromatic carbocycles. The molecule has 0 aliphatic rings. The third-order valence-electron chi connectivity index (χ3n) is 4.78. The van der Waals surface area contributed by atoms with Crippen molar-refractivity contribution in [3.8, 4) is 34.2 Å². The zero-order chi connectivity index (χ0) is 19.6. The summed E-state index contributed by atoms with van der Waals surface area (Å²) < 4.78 is 0. The highest BCUT2D eigenvalue weighted by molar-refractivity contribution is 6.30. The predicted octanol–water partition coefficient (Wildman–Crippen LogP) is 6.68. The average Bonchev–Trinajstić information content (AvgIpc) is 2.79. The van der Waals surface area contributed by atoms with Crippen LogP contribution in [0.1, 0.15) is 0 Å². The molecule has 0 aliphatic carbocycles. The van der Waals surface area contributed by atoms with E-state index in [2.05, 4.69) is 30.3 Å². The predicted molar refractivity (Wildman–Crippen MR) is 119 cm³/mol. The van der Waals surface area contributed by atoms with Crippen molar-refractivity contribution in [1.82, 2.24) is 15.0 Å². The molecule has 1 aromatic heterocycles. The van der Waals surface area contributed by atoms with Crippen LogP contribution in [0, 0.1) is 0 Å². The van der Waals surface area contributed by atoms with Gasteiger partial charge < -0.3 is 0 Å². The van der Waals surface area contributed by atoms with Crippen LogP contribution in [0.2, 0.25) is 5.02 Å². The lowest BCUT2D eigenvalue weighted by atomic mass is 10.1. The SMILES string of the molecule is Clc1ccc(-c2nc(-c3ccccc3)nc(-c3ccc4ccccc4c3)n2)cc1. The molecule has 138 valence electrons. The number of fused-ring (bicyclic) bond motifs is 1. The highest BCUT2D eigenvalue weighted by atomic mass is 35.5. The van der Waals surface area contributed by atoms with Gasteiger partial charge in [-0.15, -0.1) is 0 Å². The molecule has 0 fully saturated rings. The third-order valence-corrected chi connectivity index (χ3v) is 5.03. The topological polar surface area (TPSA) is 38.7 Å². The largest absolute Gasteiger partial charge is 0.208 e. The first-order valence-electron chi connectivity index (χ1n) is 9.33. The fourth-order valence-corrected chi connectivity index (χ4v) is 3.40. The molecule has 4 heteroatoms. The lowest BCUT2D eigenvalue weighted by molar-refractivity contribution is 1.07. The number of aromatic nitrogens is 3. The minimum absolute atomic E-state index is 0.624. The van der Waals surface area contributed by atoms with Crippen molar-refractivity contribution >= 4 is 22.4 Å². The summed E-state index contributed by atoms with van der Waals surface area (Å²) in [5, 5.41) is 3.02. The minimum atomic E-state index is 0.624. The van der Waals surface area contributed by atoms with Crippen molar-refractivity contribution in [2.45, 2.75) is 0 Å². The maximum Gasteiger partial charge on any atom is 0.164 e. The normalized spacial score (nSPS) is 10.9. The number of halogens is 1. The summed E-state index contributed by atoms with van der Waals surface area (Å²) in [6, 6.07) is 32.0. The third kappa shape index (κ3) is 3.60. The molecule has 0 unspecified atom stereocenters. The van der Waals surface area contributed by atoms with E-state index in [0.29, 0.717) is 22.5 Å². The van der Waals surface area contributed by atoms with E-state index in [4.69, 9.17) is 26.6 Å². The molecule has 0 aliphatic heterocycles. The molecule has 0 saturated carbocycles. The Morgan fingerprint density at radius 3 is 1.66 bits per heavy atom. The van der Waals surface area contributed by atoms with Gasteiger partial charge in [-0.2, -0.15) is 0 Å². The van der Waals surface area contributed by atoms with E-state index in [1.165, 1.54) is 5.39 Å². The van der Waals surface area contributed by atoms with Crippen LogP contribution in [0.5, 0.6) is 0 Å². The second kappa shape index (κ2) is 7.46. The summed E-state index contributed by atoms with van der Waals surface area (Å²) in [6.07, 6.45) is 0. The van der Waals surface area contributed by atoms with E-state index in [9.17, 15) is 0 Å². The first kappa shape index (κ1) is 17.5. The quantitative estimate of drug-likeness (QED) is 0.343. The monoisotopic (exact) mass is 393 g/mol. The molecule has 0 amide bonds. The van der Waals surface area contributed by atoms with Crippen molar-refractivity contribution in [3.05, 3.63) is 102 Å². The van der Waals surface area contributed by atoms with Crippen LogP contribution in [-0.4, -0.2) is 15.0 Å². The van der Waals surface area contributed by atoms with Crippen LogP contribution in [-0.2, 0) is 0 Å². The second-order valence-corrected chi connectivity index (χ2v) is 7.18. The van der Waals surface area contributed by atoms with Crippen molar-refractivity contribution in [3.63, 3.8) is 0 Å². The van der Waals surface area contributed by atoms with Gasteiger partial charge in [0.05, 0.1) is 0 Å². The van der Waals surface area contributed by atoms with Crippen LogP contribution in [0.3, 0.4) is 0 Å². The molecule has 29 heavy (non-hydrogen) atoms. The van der Waals surface area contributed by atoms with Crippen LogP contribution < -0.4 is 0 Å². The van der Waals surface area contributed by atoms with Gasteiger partial charge in [-0.05, 0) is 41.1 Å². The molecule has 3 nitrogen and oxygen atoms in total. The maximum atomic E-state index is 6.06. The van der Waals surface area contributed by atoms with Gasteiger partial charge in [0.25, 0.3) is 0 Å². The van der Waals surface area contributed by atoms with Gasteiger partial charge >= 0.3 is 0 Å². The molecule has 5 rings (SSSR count). The Labute approximate surface area is 173 Å². The van der Waals surface area contributed by atoms with Crippen molar-refractivity contribution in [2.24, 2.45) is 0 Å². The summed E-state index contributed by atoms with van der Waals surface area (Å²) >= 11 is 6.06. The number of hydrogen-bond acceptors (Lipinski definition) is 3. The highest BCUT2D eigenvalue weighted by Gasteiger charge is 2.12. The summed E-state index contributed by atoms with van der Waals surface area (Å²) in [4.78, 5) is 14.3. The molecule has 0 N–H and O–H groups in total. The Balaban J connectivity index is 1.71. The molecule has 0 spiro atoms. The van der Waals surface area contributed by atoms with Crippen molar-refractivity contribution in [2.75, 3.05) is 0 Å². The molecule has 5 aromatic rings. The van der Waals surface area contributed by atoms with E-state index in [1.807, 2.05) is 66.7 Å². The summed E-state index contributed by atoms with van der Waals surface area (Å²) in [7, 11) is 0. The van der Waals surface area contributed by atoms with E-state index >= 15 is 0 Å². The lowest BCUT2D eigenvalue weighted by Gasteiger charge is -2.09. The Bertz CT molecular complexity index is 1300. The van der Waals surface area contributed by atoms with E-state index < -0.39 is 0 Å². The van der Waals surface area contributed by atoms with Gasteiger partial charge in [0, 0.05) is 21.7 Å². The van der Waals surface area contributed by atoms with Gasteiger partial charge in [0.15, 0.2) is 17.5 Å². The van der Waals surface area contributed by atoms with Gasteiger partial charge in [-0.3, -0.25) is 0 Å². The van der Waals surface area contributed by atoms with Gasteiger partial charge in [0.2, 0.25) is 0 Å². The number of nitrogens with zero attached hydrogens (tertiary/aromatic N) is 3. The molecule has 0 bridgehead atoms. The minimum Gasteiger partial charge on any atom is -0.208 e. The first-order chi connectivity index (χ1) is 14.3. The highest BCUT2D eigenvalue weighted by Crippen LogP contribution is 2.27. The zero-order valence-corrected chi connectivity index (χ0v) is 16.2. The second-order valence-electron chi connectivity index (χ2n) is 6.74. The van der Waals surface area contributed by atoms with Crippen LogP contribution in [0.15, 0.2) is 97.1 Å². The van der Waals surface area contributed by atoms with Crippen molar-refractivity contribution in [1.29, 1.82) is 0 Å². The zero-order valence-electron chi connectivity index (χ0n) is 15.5. The van der Waals surface area contributed by atoms with Gasteiger partial charge in [-0.1, -0.05) is 78.3 Å². The summed E-state index contributed by atoms with van der Waals surface area (Å²) in [5.41, 5.74) is 2.81. The lowest BCUT2D eigenvalue weighted by Crippen LogP contribution is -2.00. The molecular weight excluding hydrogens is 378 g/mol. The molecule has 0 radical (unpaired) electrons. The average molecular weight is 394 g/mol. The van der Waals surface area contributed by atoms with E-state index in [-0.39, 0.29) is 0 Å². The van der Waals surface area contributed by atoms with Crippen LogP contribution in [0.25, 0.3) is 44.9 Å². The Morgan fingerprint density at radius 1 is 0.448 bits per heavy atom. The fraction of sp³-hybridized carbons (Fsp3) is 0. The maximum absolute atomic E-state index is 6.06. The first-order valence-corrected chi connectivity index (χ1v) is 9.71. The standard InChI is InChI=1S/C25H16ClN3/c26-22-14-12-19(13-15-22)24-27-23(18-7-2-1-3-8-18)28-25(29-24)21-11-10-17-6-4-5-9-20(17)16-21/h1-16H. The molecular formula is C25H16ClN3. The van der Waals surface area contributed by atoms with E-state index in [1.54, 1.807) is 0 Å². The Morgan fingerprint density at radius 2 is 0.966 bits per heavy atom. The molecule has 0 atom stereocenters. The smallest absolute Gasteiger partial charge is 0.164 e. The molecule has 1 heterocycles. The van der Waals surface area contributed by atoms with Gasteiger partial charge in [-0.25, -0.2) is 15.0 Å². The summed E-state index contributed by atoms with van der Waals surface area (Å²) in [5.74, 6) is 1.92. The van der Waals surface area contributed by atoms with Crippen molar-refractivity contribution < 1.29 is 0 Å². The number of benzene rings is 4. The Kier molecular flexibility index (Phi) is 4.51. The van der Waals surface area contributed by atoms with Crippen LogP contribution in [0.4, 0.5) is 0 Å².